The van der Waals surface area contributed by atoms with Crippen LogP contribution in [0.25, 0.3) is 0 Å². The molecule has 172 valence electrons. The third-order valence-corrected chi connectivity index (χ3v) is 10.2. The van der Waals surface area contributed by atoms with Crippen molar-refractivity contribution in [2.24, 2.45) is 17.8 Å². The monoisotopic (exact) mass is 452 g/mol. The molecule has 4 bridgehead atoms. The number of hydrogen-bond acceptors (Lipinski definition) is 3. The first-order valence-electron chi connectivity index (χ1n) is 12.4. The molecule has 5 heteroatoms. The lowest BCUT2D eigenvalue weighted by Gasteiger charge is -2.59. The highest BCUT2D eigenvalue weighted by atomic mass is 32.2. The predicted octanol–water partition coefficient (Wildman–Crippen LogP) is 5.69. The Balaban J connectivity index is 1.51. The molecule has 4 aliphatic carbocycles. The standard InChI is InChI=1S/C27H36N2O2S/c1-3-28(4-2)25-12-10-21(11-13-25)20-29(32(30,31)26-8-6-5-7-9-26)27-17-22-14-23(18-27)16-24(15-22)19-27/h5-13,22-24H,3-4,14-20H2,1-2H3. The van der Waals surface area contributed by atoms with Crippen molar-refractivity contribution >= 4 is 15.7 Å². The van der Waals surface area contributed by atoms with Gasteiger partial charge in [-0.25, -0.2) is 8.42 Å². The van der Waals surface area contributed by atoms with Gasteiger partial charge < -0.3 is 4.90 Å². The van der Waals surface area contributed by atoms with E-state index in [0.717, 1.165) is 37.9 Å². The Bertz CT molecular complexity index is 994. The van der Waals surface area contributed by atoms with Crippen LogP contribution in [0.1, 0.15) is 57.9 Å². The van der Waals surface area contributed by atoms with Crippen molar-refractivity contribution in [2.75, 3.05) is 18.0 Å². The Kier molecular flexibility index (Phi) is 5.83. The van der Waals surface area contributed by atoms with Crippen LogP contribution in [0.4, 0.5) is 5.69 Å². The van der Waals surface area contributed by atoms with Crippen molar-refractivity contribution in [3.05, 3.63) is 60.2 Å². The molecule has 4 aliphatic rings. The van der Waals surface area contributed by atoms with Gasteiger partial charge in [-0.3, -0.25) is 0 Å². The second kappa shape index (κ2) is 8.49. The van der Waals surface area contributed by atoms with E-state index in [1.807, 2.05) is 22.5 Å². The smallest absolute Gasteiger partial charge is 0.243 e. The van der Waals surface area contributed by atoms with Crippen LogP contribution in [0, 0.1) is 17.8 Å². The van der Waals surface area contributed by atoms with Gasteiger partial charge in [0, 0.05) is 30.9 Å². The van der Waals surface area contributed by atoms with Crippen molar-refractivity contribution < 1.29 is 8.42 Å². The number of rotatable bonds is 8. The summed E-state index contributed by atoms with van der Waals surface area (Å²) >= 11 is 0. The Hall–Kier alpha value is -1.85. The Morgan fingerprint density at radius 1 is 0.812 bits per heavy atom. The number of nitrogens with zero attached hydrogens (tertiary/aromatic N) is 2. The summed E-state index contributed by atoms with van der Waals surface area (Å²) in [6.45, 7) is 6.73. The molecule has 2 aromatic carbocycles. The van der Waals surface area contributed by atoms with E-state index in [2.05, 4.69) is 43.0 Å². The van der Waals surface area contributed by atoms with Crippen LogP contribution in [0.3, 0.4) is 0 Å². The van der Waals surface area contributed by atoms with Crippen LogP contribution in [-0.2, 0) is 16.6 Å². The Morgan fingerprint density at radius 3 is 1.84 bits per heavy atom. The lowest BCUT2D eigenvalue weighted by Crippen LogP contribution is -2.61. The minimum Gasteiger partial charge on any atom is -0.372 e. The van der Waals surface area contributed by atoms with Gasteiger partial charge in [0.15, 0.2) is 0 Å². The van der Waals surface area contributed by atoms with E-state index in [4.69, 9.17) is 0 Å². The topological polar surface area (TPSA) is 40.6 Å². The normalized spacial score (nSPS) is 28.9. The zero-order chi connectivity index (χ0) is 22.3. The summed E-state index contributed by atoms with van der Waals surface area (Å²) in [5, 5.41) is 0. The largest absolute Gasteiger partial charge is 0.372 e. The molecule has 32 heavy (non-hydrogen) atoms. The summed E-state index contributed by atoms with van der Waals surface area (Å²) in [7, 11) is -3.57. The lowest BCUT2D eigenvalue weighted by atomic mass is 9.53. The molecule has 0 unspecified atom stereocenters. The maximum atomic E-state index is 14.0. The van der Waals surface area contributed by atoms with E-state index >= 15 is 0 Å². The van der Waals surface area contributed by atoms with Gasteiger partial charge in [0.25, 0.3) is 0 Å². The molecule has 2 aromatic rings. The molecule has 0 aromatic heterocycles. The van der Waals surface area contributed by atoms with E-state index in [9.17, 15) is 8.42 Å². The second-order valence-electron chi connectivity index (χ2n) is 10.3. The third-order valence-electron chi connectivity index (χ3n) is 8.26. The molecule has 0 spiro atoms. The lowest BCUT2D eigenvalue weighted by molar-refractivity contribution is -0.0590. The first-order chi connectivity index (χ1) is 15.4. The maximum absolute atomic E-state index is 14.0. The van der Waals surface area contributed by atoms with E-state index in [1.165, 1.54) is 24.9 Å². The minimum atomic E-state index is -3.57. The third kappa shape index (κ3) is 3.88. The van der Waals surface area contributed by atoms with Gasteiger partial charge in [0.05, 0.1) is 4.90 Å². The molecule has 0 N–H and O–H groups in total. The molecule has 0 heterocycles. The van der Waals surface area contributed by atoms with Gasteiger partial charge >= 0.3 is 0 Å². The second-order valence-corrected chi connectivity index (χ2v) is 12.2. The Labute approximate surface area is 193 Å². The van der Waals surface area contributed by atoms with Gasteiger partial charge in [-0.05, 0) is 100.0 Å². The first kappa shape index (κ1) is 22.0. The average molecular weight is 453 g/mol. The van der Waals surface area contributed by atoms with E-state index in [-0.39, 0.29) is 5.54 Å². The molecule has 4 nitrogen and oxygen atoms in total. The van der Waals surface area contributed by atoms with E-state index < -0.39 is 10.0 Å². The molecule has 0 saturated heterocycles. The van der Waals surface area contributed by atoms with Gasteiger partial charge in [0.1, 0.15) is 0 Å². The molecule has 0 radical (unpaired) electrons. The summed E-state index contributed by atoms with van der Waals surface area (Å²) in [5.74, 6) is 2.08. The van der Waals surface area contributed by atoms with Crippen molar-refractivity contribution in [3.8, 4) is 0 Å². The fourth-order valence-corrected chi connectivity index (χ4v) is 8.97. The summed E-state index contributed by atoms with van der Waals surface area (Å²) in [5.41, 5.74) is 2.06. The van der Waals surface area contributed by atoms with Crippen LogP contribution < -0.4 is 4.90 Å². The zero-order valence-corrected chi connectivity index (χ0v) is 20.2. The van der Waals surface area contributed by atoms with Gasteiger partial charge in [0.2, 0.25) is 10.0 Å². The summed E-state index contributed by atoms with van der Waals surface area (Å²) in [6.07, 6.45) is 7.00. The number of anilines is 1. The molecule has 0 amide bonds. The van der Waals surface area contributed by atoms with Gasteiger partial charge in [-0.1, -0.05) is 30.3 Å². The van der Waals surface area contributed by atoms with Gasteiger partial charge in [-0.2, -0.15) is 4.31 Å². The van der Waals surface area contributed by atoms with Crippen LogP contribution >= 0.6 is 0 Å². The summed E-state index contributed by atoms with van der Waals surface area (Å²) in [4.78, 5) is 2.75. The highest BCUT2D eigenvalue weighted by Crippen LogP contribution is 2.58. The van der Waals surface area contributed by atoms with Crippen molar-refractivity contribution in [3.63, 3.8) is 0 Å². The molecule has 0 aliphatic heterocycles. The highest BCUT2D eigenvalue weighted by Gasteiger charge is 2.56. The van der Waals surface area contributed by atoms with E-state index in [1.54, 1.807) is 12.1 Å². The van der Waals surface area contributed by atoms with Crippen molar-refractivity contribution in [2.45, 2.75) is 69.4 Å². The van der Waals surface area contributed by atoms with Crippen LogP contribution in [0.15, 0.2) is 59.5 Å². The predicted molar refractivity (Wildman–Crippen MR) is 130 cm³/mol. The molecule has 0 atom stereocenters. The quantitative estimate of drug-likeness (QED) is 0.516. The average Bonchev–Trinajstić information content (AvgIpc) is 2.79. The maximum Gasteiger partial charge on any atom is 0.243 e. The zero-order valence-electron chi connectivity index (χ0n) is 19.4. The summed E-state index contributed by atoms with van der Waals surface area (Å²) < 4.78 is 30.0. The van der Waals surface area contributed by atoms with Crippen LogP contribution in [0.2, 0.25) is 0 Å². The molecule has 6 rings (SSSR count). The van der Waals surface area contributed by atoms with Crippen LogP contribution in [-0.4, -0.2) is 31.4 Å². The summed E-state index contributed by atoms with van der Waals surface area (Å²) in [6, 6.07) is 17.6. The molecule has 4 fully saturated rings. The molecular weight excluding hydrogens is 416 g/mol. The Morgan fingerprint density at radius 2 is 1.34 bits per heavy atom. The minimum absolute atomic E-state index is 0.221. The number of sulfonamides is 1. The SMILES string of the molecule is CCN(CC)c1ccc(CN(C23CC4CC(CC(C4)C2)C3)S(=O)(=O)c2ccccc2)cc1. The highest BCUT2D eigenvalue weighted by molar-refractivity contribution is 7.89. The molecule has 4 saturated carbocycles. The van der Waals surface area contributed by atoms with Gasteiger partial charge in [-0.15, -0.1) is 0 Å². The number of hydrogen-bond donors (Lipinski definition) is 0. The van der Waals surface area contributed by atoms with E-state index in [0.29, 0.717) is 29.2 Å². The van der Waals surface area contributed by atoms with Crippen molar-refractivity contribution in [1.29, 1.82) is 0 Å². The van der Waals surface area contributed by atoms with Crippen molar-refractivity contribution in [1.82, 2.24) is 4.31 Å². The fraction of sp³-hybridized carbons (Fsp3) is 0.556. The van der Waals surface area contributed by atoms with Crippen LogP contribution in [0.5, 0.6) is 0 Å². The first-order valence-corrected chi connectivity index (χ1v) is 13.8. The number of benzene rings is 2. The fourth-order valence-electron chi connectivity index (χ4n) is 7.16. The molecular formula is C27H36N2O2S.